The van der Waals surface area contributed by atoms with Crippen LogP contribution in [0.1, 0.15) is 41.5 Å². The fourth-order valence-corrected chi connectivity index (χ4v) is 2.39. The average molecular weight is 347 g/mol. The molecule has 1 amide bonds. The van der Waals surface area contributed by atoms with Crippen molar-refractivity contribution in [3.63, 3.8) is 0 Å². The van der Waals surface area contributed by atoms with E-state index in [0.29, 0.717) is 24.1 Å². The SMILES string of the molecule is CC(C)c1ccc(Nc2nccc(C(=O)NCc3ccccn3)n2)cc1. The van der Waals surface area contributed by atoms with E-state index in [1.54, 1.807) is 18.5 Å². The molecule has 0 saturated heterocycles. The second-order valence-corrected chi connectivity index (χ2v) is 6.17. The Balaban J connectivity index is 1.64. The van der Waals surface area contributed by atoms with Gasteiger partial charge in [0.15, 0.2) is 0 Å². The number of anilines is 2. The Labute approximate surface area is 152 Å². The lowest BCUT2D eigenvalue weighted by atomic mass is 10.0. The lowest BCUT2D eigenvalue weighted by molar-refractivity contribution is 0.0945. The van der Waals surface area contributed by atoms with Crippen molar-refractivity contribution in [1.82, 2.24) is 20.3 Å². The minimum Gasteiger partial charge on any atom is -0.345 e. The summed E-state index contributed by atoms with van der Waals surface area (Å²) in [5.41, 5.74) is 3.23. The number of pyridine rings is 1. The molecule has 2 heterocycles. The largest absolute Gasteiger partial charge is 0.345 e. The van der Waals surface area contributed by atoms with Gasteiger partial charge in [0.05, 0.1) is 12.2 Å². The zero-order chi connectivity index (χ0) is 18.4. The molecule has 1 aromatic carbocycles. The maximum absolute atomic E-state index is 12.3. The van der Waals surface area contributed by atoms with Crippen molar-refractivity contribution in [2.75, 3.05) is 5.32 Å². The van der Waals surface area contributed by atoms with Gasteiger partial charge in [0.25, 0.3) is 5.91 Å². The van der Waals surface area contributed by atoms with E-state index in [9.17, 15) is 4.79 Å². The van der Waals surface area contributed by atoms with E-state index in [1.165, 1.54) is 5.56 Å². The Hall–Kier alpha value is -3.28. The standard InChI is InChI=1S/C20H21N5O/c1-14(2)15-6-8-16(9-7-15)24-20-22-12-10-18(25-20)19(26)23-13-17-5-3-4-11-21-17/h3-12,14H,13H2,1-2H3,(H,23,26)(H,22,24,25). The van der Waals surface area contributed by atoms with Crippen LogP contribution in [0.5, 0.6) is 0 Å². The molecule has 0 saturated carbocycles. The molecule has 3 aromatic rings. The summed E-state index contributed by atoms with van der Waals surface area (Å²) in [5, 5.41) is 5.93. The first-order valence-electron chi connectivity index (χ1n) is 8.50. The first-order valence-corrected chi connectivity index (χ1v) is 8.50. The molecule has 0 unspecified atom stereocenters. The van der Waals surface area contributed by atoms with Crippen LogP contribution in [0.3, 0.4) is 0 Å². The minimum absolute atomic E-state index is 0.267. The highest BCUT2D eigenvalue weighted by molar-refractivity contribution is 5.92. The van der Waals surface area contributed by atoms with E-state index >= 15 is 0 Å². The fraction of sp³-hybridized carbons (Fsp3) is 0.200. The molecule has 3 rings (SSSR count). The van der Waals surface area contributed by atoms with Gasteiger partial charge >= 0.3 is 0 Å². The molecule has 132 valence electrons. The number of aromatic nitrogens is 3. The minimum atomic E-state index is -0.267. The second kappa shape index (κ2) is 8.20. The third-order valence-electron chi connectivity index (χ3n) is 3.88. The molecule has 0 atom stereocenters. The lowest BCUT2D eigenvalue weighted by Gasteiger charge is -2.09. The van der Waals surface area contributed by atoms with Crippen molar-refractivity contribution in [3.05, 3.63) is 77.9 Å². The highest BCUT2D eigenvalue weighted by atomic mass is 16.1. The summed E-state index contributed by atoms with van der Waals surface area (Å²) < 4.78 is 0. The molecule has 0 fully saturated rings. The van der Waals surface area contributed by atoms with Gasteiger partial charge in [-0.1, -0.05) is 32.0 Å². The lowest BCUT2D eigenvalue weighted by Crippen LogP contribution is -2.24. The summed E-state index contributed by atoms with van der Waals surface area (Å²) in [6.07, 6.45) is 3.26. The van der Waals surface area contributed by atoms with Crippen molar-refractivity contribution < 1.29 is 4.79 Å². The van der Waals surface area contributed by atoms with Crippen LogP contribution < -0.4 is 10.6 Å². The molecule has 26 heavy (non-hydrogen) atoms. The van der Waals surface area contributed by atoms with Crippen LogP contribution in [0.25, 0.3) is 0 Å². The van der Waals surface area contributed by atoms with Gasteiger partial charge in [-0.05, 0) is 41.8 Å². The van der Waals surface area contributed by atoms with E-state index < -0.39 is 0 Å². The monoisotopic (exact) mass is 347 g/mol. The van der Waals surface area contributed by atoms with Crippen molar-refractivity contribution >= 4 is 17.5 Å². The van der Waals surface area contributed by atoms with Crippen molar-refractivity contribution in [1.29, 1.82) is 0 Å². The van der Waals surface area contributed by atoms with Crippen molar-refractivity contribution in [3.8, 4) is 0 Å². The molecular formula is C20H21N5O. The smallest absolute Gasteiger partial charge is 0.270 e. The number of hydrogen-bond acceptors (Lipinski definition) is 5. The topological polar surface area (TPSA) is 79.8 Å². The zero-order valence-electron chi connectivity index (χ0n) is 14.8. The van der Waals surface area contributed by atoms with Crippen LogP contribution >= 0.6 is 0 Å². The summed E-state index contributed by atoms with van der Waals surface area (Å²) in [5.74, 6) is 0.593. The Bertz CT molecular complexity index is 863. The number of amides is 1. The number of nitrogens with one attached hydrogen (secondary N) is 2. The van der Waals surface area contributed by atoms with E-state index in [0.717, 1.165) is 11.4 Å². The third-order valence-corrected chi connectivity index (χ3v) is 3.88. The highest BCUT2D eigenvalue weighted by Crippen LogP contribution is 2.19. The van der Waals surface area contributed by atoms with Gasteiger partial charge < -0.3 is 10.6 Å². The first-order chi connectivity index (χ1) is 12.6. The number of rotatable bonds is 6. The van der Waals surface area contributed by atoms with E-state index in [-0.39, 0.29) is 5.91 Å². The first kappa shape index (κ1) is 17.5. The van der Waals surface area contributed by atoms with Crippen LogP contribution in [0.15, 0.2) is 60.9 Å². The quantitative estimate of drug-likeness (QED) is 0.711. The molecule has 2 N–H and O–H groups in total. The van der Waals surface area contributed by atoms with E-state index in [4.69, 9.17) is 0 Å². The predicted molar refractivity (Wildman–Crippen MR) is 101 cm³/mol. The zero-order valence-corrected chi connectivity index (χ0v) is 14.8. The maximum Gasteiger partial charge on any atom is 0.270 e. The van der Waals surface area contributed by atoms with Gasteiger partial charge in [0.1, 0.15) is 5.69 Å². The Morgan fingerprint density at radius 1 is 1.00 bits per heavy atom. The van der Waals surface area contributed by atoms with Crippen molar-refractivity contribution in [2.24, 2.45) is 0 Å². The highest BCUT2D eigenvalue weighted by Gasteiger charge is 2.09. The Kier molecular flexibility index (Phi) is 5.53. The van der Waals surface area contributed by atoms with Crippen LogP contribution in [0, 0.1) is 0 Å². The molecule has 2 aromatic heterocycles. The van der Waals surface area contributed by atoms with Gasteiger partial charge in [-0.3, -0.25) is 9.78 Å². The summed E-state index contributed by atoms with van der Waals surface area (Å²) >= 11 is 0. The average Bonchev–Trinajstić information content (AvgIpc) is 2.67. The Morgan fingerprint density at radius 2 is 1.81 bits per heavy atom. The molecule has 0 bridgehead atoms. The number of benzene rings is 1. The molecule has 6 heteroatoms. The number of hydrogen-bond donors (Lipinski definition) is 2. The molecule has 6 nitrogen and oxygen atoms in total. The van der Waals surface area contributed by atoms with Crippen molar-refractivity contribution in [2.45, 2.75) is 26.3 Å². The number of carbonyl (C=O) groups excluding carboxylic acids is 1. The van der Waals surface area contributed by atoms with Crippen LogP contribution in [0.4, 0.5) is 11.6 Å². The summed E-state index contributed by atoms with van der Waals surface area (Å²) in [6, 6.07) is 15.2. The third kappa shape index (κ3) is 4.63. The molecule has 0 spiro atoms. The predicted octanol–water partition coefficient (Wildman–Crippen LogP) is 3.67. The summed E-state index contributed by atoms with van der Waals surface area (Å²) in [7, 11) is 0. The number of carbonyl (C=O) groups is 1. The molecule has 0 aliphatic carbocycles. The summed E-state index contributed by atoms with van der Waals surface area (Å²) in [4.78, 5) is 24.9. The van der Waals surface area contributed by atoms with Crippen LogP contribution in [0.2, 0.25) is 0 Å². The van der Waals surface area contributed by atoms with Crippen LogP contribution in [-0.4, -0.2) is 20.9 Å². The Morgan fingerprint density at radius 3 is 2.50 bits per heavy atom. The van der Waals surface area contributed by atoms with E-state index in [2.05, 4.69) is 51.6 Å². The molecule has 0 aliphatic rings. The summed E-state index contributed by atoms with van der Waals surface area (Å²) in [6.45, 7) is 4.65. The van der Waals surface area contributed by atoms with Crippen LogP contribution in [-0.2, 0) is 6.54 Å². The van der Waals surface area contributed by atoms with Gasteiger partial charge in [-0.15, -0.1) is 0 Å². The van der Waals surface area contributed by atoms with Gasteiger partial charge in [-0.2, -0.15) is 0 Å². The molecule has 0 aliphatic heterocycles. The van der Waals surface area contributed by atoms with Gasteiger partial charge in [0, 0.05) is 18.1 Å². The maximum atomic E-state index is 12.3. The second-order valence-electron chi connectivity index (χ2n) is 6.17. The van der Waals surface area contributed by atoms with Gasteiger partial charge in [0.2, 0.25) is 5.95 Å². The molecule has 0 radical (unpaired) electrons. The fourth-order valence-electron chi connectivity index (χ4n) is 2.39. The normalized spacial score (nSPS) is 10.6. The number of nitrogens with zero attached hydrogens (tertiary/aromatic N) is 3. The van der Waals surface area contributed by atoms with E-state index in [1.807, 2.05) is 30.3 Å². The van der Waals surface area contributed by atoms with Gasteiger partial charge in [-0.25, -0.2) is 9.97 Å². The molecular weight excluding hydrogens is 326 g/mol.